The molecular formula is C15H13FO3. The van der Waals surface area contributed by atoms with E-state index in [-0.39, 0.29) is 17.7 Å². The van der Waals surface area contributed by atoms with E-state index in [1.165, 1.54) is 12.1 Å². The quantitative estimate of drug-likeness (QED) is 0.922. The Labute approximate surface area is 110 Å². The van der Waals surface area contributed by atoms with Crippen LogP contribution in [0.15, 0.2) is 42.5 Å². The van der Waals surface area contributed by atoms with E-state index >= 15 is 0 Å². The van der Waals surface area contributed by atoms with E-state index in [0.29, 0.717) is 24.5 Å². The Morgan fingerprint density at radius 3 is 2.95 bits per heavy atom. The highest BCUT2D eigenvalue weighted by atomic mass is 19.1. The van der Waals surface area contributed by atoms with Gasteiger partial charge < -0.3 is 14.6 Å². The maximum atomic E-state index is 13.1. The Kier molecular flexibility index (Phi) is 2.99. The molecule has 19 heavy (non-hydrogen) atoms. The molecule has 3 nitrogen and oxygen atoms in total. The zero-order chi connectivity index (χ0) is 13.2. The number of ether oxygens (including phenoxy) is 2. The van der Waals surface area contributed by atoms with Crippen LogP contribution >= 0.6 is 0 Å². The van der Waals surface area contributed by atoms with E-state index in [1.807, 2.05) is 0 Å². The third-order valence-corrected chi connectivity index (χ3v) is 3.05. The second-order valence-electron chi connectivity index (χ2n) is 4.47. The third kappa shape index (κ3) is 2.47. The number of phenols is 1. The molecule has 1 aliphatic heterocycles. The van der Waals surface area contributed by atoms with Gasteiger partial charge in [-0.3, -0.25) is 0 Å². The lowest BCUT2D eigenvalue weighted by molar-refractivity contribution is 0.146. The number of hydrogen-bond donors (Lipinski definition) is 1. The number of benzene rings is 2. The van der Waals surface area contributed by atoms with Crippen LogP contribution in [-0.4, -0.2) is 17.8 Å². The van der Waals surface area contributed by atoms with Crippen LogP contribution in [0.1, 0.15) is 5.56 Å². The van der Waals surface area contributed by atoms with Gasteiger partial charge in [0.25, 0.3) is 0 Å². The van der Waals surface area contributed by atoms with Gasteiger partial charge in [-0.15, -0.1) is 0 Å². The summed E-state index contributed by atoms with van der Waals surface area (Å²) in [4.78, 5) is 0. The van der Waals surface area contributed by atoms with E-state index in [9.17, 15) is 9.50 Å². The van der Waals surface area contributed by atoms with E-state index in [1.54, 1.807) is 30.3 Å². The summed E-state index contributed by atoms with van der Waals surface area (Å²) in [6, 6.07) is 11.3. The average molecular weight is 260 g/mol. The zero-order valence-electron chi connectivity index (χ0n) is 10.2. The molecule has 1 unspecified atom stereocenters. The van der Waals surface area contributed by atoms with Crippen molar-refractivity contribution in [2.24, 2.45) is 0 Å². The third-order valence-electron chi connectivity index (χ3n) is 3.05. The van der Waals surface area contributed by atoms with Gasteiger partial charge in [-0.05, 0) is 30.3 Å². The van der Waals surface area contributed by atoms with Crippen molar-refractivity contribution in [3.05, 3.63) is 53.8 Å². The van der Waals surface area contributed by atoms with Gasteiger partial charge in [-0.25, -0.2) is 4.39 Å². The van der Waals surface area contributed by atoms with Crippen LogP contribution in [0.2, 0.25) is 0 Å². The average Bonchev–Trinajstić information content (AvgIpc) is 2.79. The molecule has 1 atom stereocenters. The second-order valence-corrected chi connectivity index (χ2v) is 4.47. The standard InChI is InChI=1S/C15H13FO3/c16-11-5-6-14-10(7-11)8-12(19-14)9-18-15-4-2-1-3-13(15)17/h1-7,12,17H,8-9H2. The van der Waals surface area contributed by atoms with Gasteiger partial charge >= 0.3 is 0 Å². The molecule has 0 spiro atoms. The molecule has 4 heteroatoms. The number of para-hydroxylation sites is 2. The van der Waals surface area contributed by atoms with Crippen LogP contribution in [0.5, 0.6) is 17.2 Å². The van der Waals surface area contributed by atoms with E-state index in [2.05, 4.69) is 0 Å². The van der Waals surface area contributed by atoms with Gasteiger partial charge in [0.05, 0.1) is 0 Å². The largest absolute Gasteiger partial charge is 0.504 e. The number of phenolic OH excluding ortho intramolecular Hbond substituents is 1. The molecule has 0 bridgehead atoms. The molecule has 0 aliphatic carbocycles. The molecule has 1 heterocycles. The molecule has 2 aromatic carbocycles. The first kappa shape index (κ1) is 11.8. The topological polar surface area (TPSA) is 38.7 Å². The minimum absolute atomic E-state index is 0.101. The molecule has 0 amide bonds. The molecular weight excluding hydrogens is 247 g/mol. The molecule has 0 saturated carbocycles. The fourth-order valence-electron chi connectivity index (χ4n) is 2.14. The van der Waals surface area contributed by atoms with Crippen LogP contribution in [0.4, 0.5) is 4.39 Å². The zero-order valence-corrected chi connectivity index (χ0v) is 10.2. The summed E-state index contributed by atoms with van der Waals surface area (Å²) in [7, 11) is 0. The summed E-state index contributed by atoms with van der Waals surface area (Å²) in [6.45, 7) is 0.313. The smallest absolute Gasteiger partial charge is 0.161 e. The Morgan fingerprint density at radius 2 is 2.11 bits per heavy atom. The van der Waals surface area contributed by atoms with Gasteiger partial charge in [0.2, 0.25) is 0 Å². The number of aromatic hydroxyl groups is 1. The summed E-state index contributed by atoms with van der Waals surface area (Å²) in [5.41, 5.74) is 0.853. The van der Waals surface area contributed by atoms with Gasteiger partial charge in [0, 0.05) is 12.0 Å². The lowest BCUT2D eigenvalue weighted by Gasteiger charge is -2.13. The highest BCUT2D eigenvalue weighted by Gasteiger charge is 2.24. The first-order valence-electron chi connectivity index (χ1n) is 6.08. The lowest BCUT2D eigenvalue weighted by Crippen LogP contribution is -2.22. The number of rotatable bonds is 3. The summed E-state index contributed by atoms with van der Waals surface area (Å²) in [6.07, 6.45) is 0.456. The maximum absolute atomic E-state index is 13.1. The minimum Gasteiger partial charge on any atom is -0.504 e. The first-order chi connectivity index (χ1) is 9.22. The lowest BCUT2D eigenvalue weighted by atomic mass is 10.1. The van der Waals surface area contributed by atoms with Crippen LogP contribution in [0.3, 0.4) is 0 Å². The van der Waals surface area contributed by atoms with Crippen molar-refractivity contribution < 1.29 is 19.0 Å². The van der Waals surface area contributed by atoms with E-state index in [4.69, 9.17) is 9.47 Å². The molecule has 0 aromatic heterocycles. The number of fused-ring (bicyclic) bond motifs is 1. The van der Waals surface area contributed by atoms with Crippen molar-refractivity contribution in [2.45, 2.75) is 12.5 Å². The predicted molar refractivity (Wildman–Crippen MR) is 68.1 cm³/mol. The van der Waals surface area contributed by atoms with Crippen molar-refractivity contribution in [1.29, 1.82) is 0 Å². The predicted octanol–water partition coefficient (Wildman–Crippen LogP) is 2.91. The van der Waals surface area contributed by atoms with Gasteiger partial charge in [0.1, 0.15) is 24.3 Å². The molecule has 0 saturated heterocycles. The van der Waals surface area contributed by atoms with E-state index in [0.717, 1.165) is 5.56 Å². The van der Waals surface area contributed by atoms with Crippen LogP contribution in [-0.2, 0) is 6.42 Å². The molecule has 0 radical (unpaired) electrons. The monoisotopic (exact) mass is 260 g/mol. The van der Waals surface area contributed by atoms with Crippen molar-refractivity contribution in [3.8, 4) is 17.2 Å². The second kappa shape index (κ2) is 4.80. The Balaban J connectivity index is 1.63. The Morgan fingerprint density at radius 1 is 1.26 bits per heavy atom. The van der Waals surface area contributed by atoms with Gasteiger partial charge in [0.15, 0.2) is 11.5 Å². The summed E-state index contributed by atoms with van der Waals surface area (Å²) < 4.78 is 24.2. The van der Waals surface area contributed by atoms with Gasteiger partial charge in [-0.1, -0.05) is 12.1 Å². The van der Waals surface area contributed by atoms with Crippen molar-refractivity contribution in [1.82, 2.24) is 0 Å². The van der Waals surface area contributed by atoms with Crippen molar-refractivity contribution in [3.63, 3.8) is 0 Å². The van der Waals surface area contributed by atoms with Crippen LogP contribution < -0.4 is 9.47 Å². The molecule has 1 aliphatic rings. The molecule has 1 N–H and O–H groups in total. The Hall–Kier alpha value is -2.23. The maximum Gasteiger partial charge on any atom is 0.161 e. The first-order valence-corrected chi connectivity index (χ1v) is 6.08. The summed E-state index contributed by atoms with van der Waals surface area (Å²) in [5.74, 6) is 0.967. The van der Waals surface area contributed by atoms with E-state index < -0.39 is 0 Å². The van der Waals surface area contributed by atoms with Gasteiger partial charge in [-0.2, -0.15) is 0 Å². The highest BCUT2D eigenvalue weighted by Crippen LogP contribution is 2.30. The Bertz CT molecular complexity index is 598. The van der Waals surface area contributed by atoms with Crippen molar-refractivity contribution >= 4 is 0 Å². The normalized spacial score (nSPS) is 16.8. The molecule has 0 fully saturated rings. The SMILES string of the molecule is Oc1ccccc1OCC1Cc2cc(F)ccc2O1. The van der Waals surface area contributed by atoms with Crippen molar-refractivity contribution in [2.75, 3.05) is 6.61 Å². The summed E-state index contributed by atoms with van der Waals surface area (Å²) in [5, 5.41) is 9.58. The molecule has 3 rings (SSSR count). The fourth-order valence-corrected chi connectivity index (χ4v) is 2.14. The number of hydrogen-bond acceptors (Lipinski definition) is 3. The molecule has 98 valence electrons. The summed E-state index contributed by atoms with van der Waals surface area (Å²) >= 11 is 0. The molecule has 2 aromatic rings. The fraction of sp³-hybridized carbons (Fsp3) is 0.200. The highest BCUT2D eigenvalue weighted by molar-refractivity contribution is 5.39. The minimum atomic E-state index is -0.260. The van der Waals surface area contributed by atoms with Crippen LogP contribution in [0, 0.1) is 5.82 Å². The van der Waals surface area contributed by atoms with Crippen LogP contribution in [0.25, 0.3) is 0 Å². The number of halogens is 1.